The summed E-state index contributed by atoms with van der Waals surface area (Å²) < 4.78 is 0. The van der Waals surface area contributed by atoms with Gasteiger partial charge in [-0.05, 0) is 55.5 Å². The zero-order valence-corrected chi connectivity index (χ0v) is 13.8. The van der Waals surface area contributed by atoms with E-state index in [4.69, 9.17) is 5.84 Å². The van der Waals surface area contributed by atoms with Gasteiger partial charge in [-0.15, -0.1) is 11.8 Å². The van der Waals surface area contributed by atoms with Gasteiger partial charge in [-0.2, -0.15) is 0 Å². The van der Waals surface area contributed by atoms with Gasteiger partial charge in [0.2, 0.25) is 0 Å². The fraction of sp³-hybridized carbons (Fsp3) is 0.333. The molecule has 0 aliphatic heterocycles. The molecule has 0 aromatic heterocycles. The molecule has 0 fully saturated rings. The molecule has 1 unspecified atom stereocenters. The first-order valence-corrected chi connectivity index (χ1v) is 8.30. The molecule has 0 bridgehead atoms. The van der Waals surface area contributed by atoms with Crippen molar-refractivity contribution in [2.24, 2.45) is 5.84 Å². The molecule has 2 aromatic carbocycles. The number of hydrogen-bond donors (Lipinski definition) is 2. The van der Waals surface area contributed by atoms with E-state index < -0.39 is 0 Å². The summed E-state index contributed by atoms with van der Waals surface area (Å²) in [5.41, 5.74) is 8.39. The molecular formula is C18H24N2S. The van der Waals surface area contributed by atoms with Crippen LogP contribution in [0.1, 0.15) is 22.3 Å². The van der Waals surface area contributed by atoms with Gasteiger partial charge in [-0.3, -0.25) is 11.3 Å². The topological polar surface area (TPSA) is 38.0 Å². The molecule has 0 heterocycles. The molecule has 0 aliphatic rings. The minimum absolute atomic E-state index is 0.273. The van der Waals surface area contributed by atoms with Gasteiger partial charge in [0.05, 0.1) is 0 Å². The molecule has 2 nitrogen and oxygen atoms in total. The Morgan fingerprint density at radius 2 is 1.57 bits per heavy atom. The van der Waals surface area contributed by atoms with Crippen LogP contribution in [0.2, 0.25) is 0 Å². The number of benzene rings is 2. The van der Waals surface area contributed by atoms with E-state index in [-0.39, 0.29) is 6.04 Å². The summed E-state index contributed by atoms with van der Waals surface area (Å²) in [6, 6.07) is 15.2. The summed E-state index contributed by atoms with van der Waals surface area (Å²) in [5.74, 6) is 6.73. The van der Waals surface area contributed by atoms with Gasteiger partial charge in [0.15, 0.2) is 0 Å². The Bertz CT molecular complexity index is 575. The number of aryl methyl sites for hydroxylation is 3. The lowest BCUT2D eigenvalue weighted by molar-refractivity contribution is 0.573. The van der Waals surface area contributed by atoms with Crippen molar-refractivity contribution in [2.45, 2.75) is 38.1 Å². The molecule has 0 radical (unpaired) electrons. The monoisotopic (exact) mass is 300 g/mol. The summed E-state index contributed by atoms with van der Waals surface area (Å²) in [6.07, 6.45) is 0.966. The normalized spacial score (nSPS) is 12.4. The largest absolute Gasteiger partial charge is 0.271 e. The van der Waals surface area contributed by atoms with Crippen molar-refractivity contribution in [1.82, 2.24) is 5.43 Å². The lowest BCUT2D eigenvalue weighted by atomic mass is 9.97. The van der Waals surface area contributed by atoms with Gasteiger partial charge in [-0.25, -0.2) is 0 Å². The summed E-state index contributed by atoms with van der Waals surface area (Å²) in [5, 5.41) is 0. The fourth-order valence-electron chi connectivity index (χ4n) is 2.49. The number of nitrogens with one attached hydrogen (secondary N) is 1. The van der Waals surface area contributed by atoms with Crippen LogP contribution in [0.25, 0.3) is 0 Å². The van der Waals surface area contributed by atoms with Crippen LogP contribution in [0.5, 0.6) is 0 Å². The predicted molar refractivity (Wildman–Crippen MR) is 92.6 cm³/mol. The highest BCUT2D eigenvalue weighted by Gasteiger charge is 2.12. The third-order valence-corrected chi connectivity index (χ3v) is 5.20. The molecule has 0 saturated carbocycles. The number of hydrogen-bond acceptors (Lipinski definition) is 3. The van der Waals surface area contributed by atoms with E-state index in [0.717, 1.165) is 12.2 Å². The number of thioether (sulfide) groups is 1. The predicted octanol–water partition coefficient (Wildman–Crippen LogP) is 3.78. The van der Waals surface area contributed by atoms with Crippen molar-refractivity contribution in [3.63, 3.8) is 0 Å². The maximum Gasteiger partial charge on any atom is 0.0345 e. The van der Waals surface area contributed by atoms with Crippen molar-refractivity contribution < 1.29 is 0 Å². The van der Waals surface area contributed by atoms with Crippen molar-refractivity contribution in [2.75, 3.05) is 5.75 Å². The third kappa shape index (κ3) is 4.34. The Morgan fingerprint density at radius 1 is 0.952 bits per heavy atom. The SMILES string of the molecule is Cc1ccccc1SCC(Cc1c(C)cccc1C)NN. The number of nitrogens with two attached hydrogens (primary N) is 1. The standard InChI is InChI=1S/C18H24N2S/c1-13-8-6-9-14(2)17(13)11-16(20-19)12-21-18-10-5-4-7-15(18)3/h4-10,16,20H,11-12,19H2,1-3H3. The Kier molecular flexibility index (Phi) is 5.85. The Morgan fingerprint density at radius 3 is 2.19 bits per heavy atom. The highest BCUT2D eigenvalue weighted by atomic mass is 32.2. The molecule has 1 atom stereocenters. The first kappa shape index (κ1) is 16.1. The quantitative estimate of drug-likeness (QED) is 0.484. The summed E-state index contributed by atoms with van der Waals surface area (Å²) in [4.78, 5) is 1.33. The molecule has 2 aromatic rings. The molecule has 3 heteroatoms. The molecule has 112 valence electrons. The lowest BCUT2D eigenvalue weighted by Crippen LogP contribution is -2.39. The van der Waals surface area contributed by atoms with Gasteiger partial charge in [-0.1, -0.05) is 36.4 Å². The fourth-order valence-corrected chi connectivity index (χ4v) is 3.56. The highest BCUT2D eigenvalue weighted by molar-refractivity contribution is 7.99. The van der Waals surface area contributed by atoms with Crippen LogP contribution < -0.4 is 11.3 Å². The first-order chi connectivity index (χ1) is 10.1. The number of hydrazine groups is 1. The van der Waals surface area contributed by atoms with E-state index in [0.29, 0.717) is 0 Å². The first-order valence-electron chi connectivity index (χ1n) is 7.31. The molecule has 0 amide bonds. The maximum atomic E-state index is 5.76. The van der Waals surface area contributed by atoms with Crippen LogP contribution in [0.3, 0.4) is 0 Å². The second-order valence-electron chi connectivity index (χ2n) is 5.51. The Labute approximate surface area is 132 Å². The average Bonchev–Trinajstić information content (AvgIpc) is 2.48. The molecule has 0 spiro atoms. The average molecular weight is 300 g/mol. The second kappa shape index (κ2) is 7.64. The van der Waals surface area contributed by atoms with Crippen LogP contribution >= 0.6 is 11.8 Å². The number of rotatable bonds is 6. The van der Waals surface area contributed by atoms with Crippen molar-refractivity contribution in [1.29, 1.82) is 0 Å². The summed E-state index contributed by atoms with van der Waals surface area (Å²) >= 11 is 1.87. The summed E-state index contributed by atoms with van der Waals surface area (Å²) in [7, 11) is 0. The zero-order chi connectivity index (χ0) is 15.2. The van der Waals surface area contributed by atoms with E-state index in [2.05, 4.69) is 68.7 Å². The molecule has 0 saturated heterocycles. The molecule has 21 heavy (non-hydrogen) atoms. The van der Waals surface area contributed by atoms with E-state index in [1.807, 2.05) is 11.8 Å². The minimum Gasteiger partial charge on any atom is -0.271 e. The van der Waals surface area contributed by atoms with Crippen LogP contribution in [-0.2, 0) is 6.42 Å². The minimum atomic E-state index is 0.273. The zero-order valence-electron chi connectivity index (χ0n) is 13.0. The Hall–Kier alpha value is -1.29. The van der Waals surface area contributed by atoms with Crippen LogP contribution in [0, 0.1) is 20.8 Å². The van der Waals surface area contributed by atoms with Gasteiger partial charge in [0.25, 0.3) is 0 Å². The Balaban J connectivity index is 2.02. The molecule has 0 aliphatic carbocycles. The van der Waals surface area contributed by atoms with Gasteiger partial charge >= 0.3 is 0 Å². The van der Waals surface area contributed by atoms with Crippen molar-refractivity contribution in [3.8, 4) is 0 Å². The van der Waals surface area contributed by atoms with Crippen LogP contribution in [-0.4, -0.2) is 11.8 Å². The van der Waals surface area contributed by atoms with E-state index in [1.54, 1.807) is 0 Å². The van der Waals surface area contributed by atoms with E-state index in [9.17, 15) is 0 Å². The highest BCUT2D eigenvalue weighted by Crippen LogP contribution is 2.24. The second-order valence-corrected chi connectivity index (χ2v) is 6.58. The van der Waals surface area contributed by atoms with E-state index >= 15 is 0 Å². The molecular weight excluding hydrogens is 276 g/mol. The lowest BCUT2D eigenvalue weighted by Gasteiger charge is -2.19. The van der Waals surface area contributed by atoms with Gasteiger partial charge in [0.1, 0.15) is 0 Å². The van der Waals surface area contributed by atoms with Crippen LogP contribution in [0.4, 0.5) is 0 Å². The van der Waals surface area contributed by atoms with Gasteiger partial charge in [0, 0.05) is 16.7 Å². The van der Waals surface area contributed by atoms with E-state index in [1.165, 1.54) is 27.1 Å². The maximum absolute atomic E-state index is 5.76. The summed E-state index contributed by atoms with van der Waals surface area (Å²) in [6.45, 7) is 6.49. The molecule has 3 N–H and O–H groups in total. The van der Waals surface area contributed by atoms with Crippen molar-refractivity contribution >= 4 is 11.8 Å². The smallest absolute Gasteiger partial charge is 0.0345 e. The van der Waals surface area contributed by atoms with Gasteiger partial charge < -0.3 is 0 Å². The molecule has 2 rings (SSSR count). The van der Waals surface area contributed by atoms with Crippen molar-refractivity contribution in [3.05, 3.63) is 64.7 Å². The third-order valence-electron chi connectivity index (χ3n) is 3.86. The van der Waals surface area contributed by atoms with Crippen LogP contribution in [0.15, 0.2) is 47.4 Å².